The molecule has 0 heterocycles. The minimum Gasteiger partial charge on any atom is -0.321 e. The number of rotatable bonds is 6. The standard InChI is InChI=1S/C22H22FN3O2/c1-15(22(28)24-18-12-10-17(23)11-13-18)26(2)14-21(27)25-20-9-5-7-16-6-3-4-8-19(16)20/h3-13,15H,14H2,1-2H3,(H,24,28)(H,25,27)/p+1/t15-/m1/s1. The highest BCUT2D eigenvalue weighted by Crippen LogP contribution is 2.22. The summed E-state index contributed by atoms with van der Waals surface area (Å²) in [6.07, 6.45) is 0. The van der Waals surface area contributed by atoms with E-state index in [-0.39, 0.29) is 24.2 Å². The molecule has 3 aromatic carbocycles. The van der Waals surface area contributed by atoms with Crippen LogP contribution in [-0.4, -0.2) is 31.4 Å². The number of quaternary nitrogens is 1. The van der Waals surface area contributed by atoms with Crippen LogP contribution < -0.4 is 15.5 Å². The van der Waals surface area contributed by atoms with Gasteiger partial charge in [0.15, 0.2) is 12.6 Å². The third-order valence-electron chi connectivity index (χ3n) is 4.75. The van der Waals surface area contributed by atoms with Crippen LogP contribution in [-0.2, 0) is 9.59 Å². The molecule has 0 saturated heterocycles. The summed E-state index contributed by atoms with van der Waals surface area (Å²) in [5, 5.41) is 7.69. The second-order valence-corrected chi connectivity index (χ2v) is 6.82. The van der Waals surface area contributed by atoms with E-state index in [1.807, 2.05) is 42.5 Å². The van der Waals surface area contributed by atoms with Gasteiger partial charge in [0.25, 0.3) is 11.8 Å². The highest BCUT2D eigenvalue weighted by Gasteiger charge is 2.24. The second kappa shape index (κ2) is 8.63. The molecule has 3 rings (SSSR count). The van der Waals surface area contributed by atoms with Crippen LogP contribution in [0, 0.1) is 5.82 Å². The summed E-state index contributed by atoms with van der Waals surface area (Å²) in [4.78, 5) is 25.6. The Hall–Kier alpha value is -3.25. The molecule has 0 radical (unpaired) electrons. The number of halogens is 1. The van der Waals surface area contributed by atoms with Gasteiger partial charge >= 0.3 is 0 Å². The number of amides is 2. The molecule has 6 heteroatoms. The fourth-order valence-corrected chi connectivity index (χ4v) is 2.94. The third kappa shape index (κ3) is 4.72. The van der Waals surface area contributed by atoms with E-state index in [1.54, 1.807) is 14.0 Å². The Morgan fingerprint density at radius 3 is 2.39 bits per heavy atom. The third-order valence-corrected chi connectivity index (χ3v) is 4.75. The van der Waals surface area contributed by atoms with Gasteiger partial charge in [-0.1, -0.05) is 36.4 Å². The first-order valence-electron chi connectivity index (χ1n) is 9.10. The number of anilines is 2. The van der Waals surface area contributed by atoms with E-state index >= 15 is 0 Å². The number of fused-ring (bicyclic) bond motifs is 1. The van der Waals surface area contributed by atoms with Gasteiger partial charge in [-0.15, -0.1) is 0 Å². The molecular formula is C22H23FN3O2+. The van der Waals surface area contributed by atoms with Gasteiger partial charge < -0.3 is 15.5 Å². The monoisotopic (exact) mass is 380 g/mol. The van der Waals surface area contributed by atoms with Crippen molar-refractivity contribution in [3.8, 4) is 0 Å². The van der Waals surface area contributed by atoms with Crippen molar-refractivity contribution in [1.82, 2.24) is 0 Å². The fourth-order valence-electron chi connectivity index (χ4n) is 2.94. The molecule has 0 saturated carbocycles. The number of hydrogen-bond donors (Lipinski definition) is 3. The van der Waals surface area contributed by atoms with Gasteiger partial charge in [-0.2, -0.15) is 0 Å². The van der Waals surface area contributed by atoms with Crippen molar-refractivity contribution in [2.24, 2.45) is 0 Å². The lowest BCUT2D eigenvalue weighted by atomic mass is 10.1. The van der Waals surface area contributed by atoms with E-state index < -0.39 is 6.04 Å². The van der Waals surface area contributed by atoms with Gasteiger partial charge in [-0.3, -0.25) is 9.59 Å². The summed E-state index contributed by atoms with van der Waals surface area (Å²) in [5.41, 5.74) is 1.27. The number of benzene rings is 3. The molecule has 28 heavy (non-hydrogen) atoms. The molecule has 144 valence electrons. The number of carbonyl (C=O) groups is 2. The SMILES string of the molecule is C[C@H](C(=O)Nc1ccc(F)cc1)[NH+](C)CC(=O)Nc1cccc2ccccc12. The lowest BCUT2D eigenvalue weighted by Gasteiger charge is -2.21. The molecule has 0 spiro atoms. The Bertz CT molecular complexity index is 983. The molecule has 3 aromatic rings. The highest BCUT2D eigenvalue weighted by molar-refractivity contribution is 6.02. The maximum atomic E-state index is 13.0. The van der Waals surface area contributed by atoms with Crippen LogP contribution in [0.3, 0.4) is 0 Å². The summed E-state index contributed by atoms with van der Waals surface area (Å²) in [7, 11) is 1.79. The van der Waals surface area contributed by atoms with Crippen molar-refractivity contribution in [1.29, 1.82) is 0 Å². The number of hydrogen-bond acceptors (Lipinski definition) is 2. The second-order valence-electron chi connectivity index (χ2n) is 6.82. The zero-order valence-electron chi connectivity index (χ0n) is 15.8. The van der Waals surface area contributed by atoms with Crippen molar-refractivity contribution >= 4 is 34.0 Å². The molecular weight excluding hydrogens is 357 g/mol. The van der Waals surface area contributed by atoms with E-state index in [0.29, 0.717) is 5.69 Å². The molecule has 5 nitrogen and oxygen atoms in total. The van der Waals surface area contributed by atoms with E-state index in [1.165, 1.54) is 24.3 Å². The Morgan fingerprint density at radius 2 is 1.64 bits per heavy atom. The summed E-state index contributed by atoms with van der Waals surface area (Å²) >= 11 is 0. The summed E-state index contributed by atoms with van der Waals surface area (Å²) in [6, 6.07) is 18.7. The molecule has 0 bridgehead atoms. The van der Waals surface area contributed by atoms with Crippen molar-refractivity contribution < 1.29 is 18.9 Å². The summed E-state index contributed by atoms with van der Waals surface area (Å²) in [5.74, 6) is -0.767. The Labute approximate surface area is 163 Å². The van der Waals surface area contributed by atoms with Gasteiger partial charge in [0.1, 0.15) is 5.82 Å². The maximum Gasteiger partial charge on any atom is 0.282 e. The minimum atomic E-state index is -0.455. The average Bonchev–Trinajstić information content (AvgIpc) is 2.69. The maximum absolute atomic E-state index is 13.0. The van der Waals surface area contributed by atoms with Crippen molar-refractivity contribution in [2.45, 2.75) is 13.0 Å². The molecule has 0 aliphatic carbocycles. The first-order valence-corrected chi connectivity index (χ1v) is 9.10. The zero-order chi connectivity index (χ0) is 20.1. The molecule has 2 atom stereocenters. The van der Waals surface area contributed by atoms with Crippen molar-refractivity contribution in [2.75, 3.05) is 24.2 Å². The molecule has 2 amide bonds. The summed E-state index contributed by atoms with van der Waals surface area (Å²) in [6.45, 7) is 1.89. The first kappa shape index (κ1) is 19.5. The van der Waals surface area contributed by atoms with Gasteiger partial charge in [0, 0.05) is 16.8 Å². The van der Waals surface area contributed by atoms with Crippen LogP contribution in [0.2, 0.25) is 0 Å². The van der Waals surface area contributed by atoms with Crippen molar-refractivity contribution in [3.05, 3.63) is 72.5 Å². The number of carbonyl (C=O) groups excluding carboxylic acids is 2. The fraction of sp³-hybridized carbons (Fsp3) is 0.182. The molecule has 3 N–H and O–H groups in total. The van der Waals surface area contributed by atoms with Crippen LogP contribution in [0.4, 0.5) is 15.8 Å². The van der Waals surface area contributed by atoms with Crippen LogP contribution in [0.15, 0.2) is 66.7 Å². The van der Waals surface area contributed by atoms with Gasteiger partial charge in [-0.25, -0.2) is 4.39 Å². The van der Waals surface area contributed by atoms with Crippen molar-refractivity contribution in [3.63, 3.8) is 0 Å². The lowest BCUT2D eigenvalue weighted by molar-refractivity contribution is -0.885. The van der Waals surface area contributed by atoms with Crippen LogP contribution in [0.1, 0.15) is 6.92 Å². The predicted molar refractivity (Wildman–Crippen MR) is 109 cm³/mol. The number of likely N-dealkylation sites (N-methyl/N-ethyl adjacent to an activating group) is 1. The quantitative estimate of drug-likeness (QED) is 0.615. The highest BCUT2D eigenvalue weighted by atomic mass is 19.1. The van der Waals surface area contributed by atoms with Gasteiger partial charge in [0.2, 0.25) is 0 Å². The largest absolute Gasteiger partial charge is 0.321 e. The predicted octanol–water partition coefficient (Wildman–Crippen LogP) is 2.46. The van der Waals surface area contributed by atoms with E-state index in [0.717, 1.165) is 21.4 Å². The van der Waals surface area contributed by atoms with Gasteiger partial charge in [-0.05, 0) is 42.6 Å². The van der Waals surface area contributed by atoms with Gasteiger partial charge in [0.05, 0.1) is 7.05 Å². The molecule has 1 unspecified atom stereocenters. The van der Waals surface area contributed by atoms with E-state index in [2.05, 4.69) is 10.6 Å². The Balaban J connectivity index is 1.59. The summed E-state index contributed by atoms with van der Waals surface area (Å²) < 4.78 is 13.0. The molecule has 0 fully saturated rings. The minimum absolute atomic E-state index is 0.140. The van der Waals surface area contributed by atoms with E-state index in [4.69, 9.17) is 0 Å². The Kier molecular flexibility index (Phi) is 6.01. The first-order chi connectivity index (χ1) is 13.4. The molecule has 0 aliphatic rings. The average molecular weight is 380 g/mol. The zero-order valence-corrected chi connectivity index (χ0v) is 15.8. The van der Waals surface area contributed by atoms with E-state index in [9.17, 15) is 14.0 Å². The smallest absolute Gasteiger partial charge is 0.282 e. The number of nitrogens with one attached hydrogen (secondary N) is 3. The topological polar surface area (TPSA) is 62.6 Å². The lowest BCUT2D eigenvalue weighted by Crippen LogP contribution is -3.14. The normalized spacial score (nSPS) is 13.0. The van der Waals surface area contributed by atoms with Crippen LogP contribution in [0.5, 0.6) is 0 Å². The Morgan fingerprint density at radius 1 is 0.964 bits per heavy atom. The van der Waals surface area contributed by atoms with Crippen LogP contribution in [0.25, 0.3) is 10.8 Å². The molecule has 0 aromatic heterocycles. The molecule has 0 aliphatic heterocycles. The van der Waals surface area contributed by atoms with Crippen LogP contribution >= 0.6 is 0 Å².